The molecule has 0 bridgehead atoms. The molecule has 0 aromatic heterocycles. The Kier molecular flexibility index (Phi) is 8.07. The summed E-state index contributed by atoms with van der Waals surface area (Å²) in [7, 11) is 1.80. The first-order valence-electron chi connectivity index (χ1n) is 10.7. The molecule has 0 saturated carbocycles. The molecule has 1 saturated heterocycles. The van der Waals surface area contributed by atoms with Gasteiger partial charge in [-0.25, -0.2) is 0 Å². The number of hydrogen-bond acceptors (Lipinski definition) is 5. The van der Waals surface area contributed by atoms with Crippen molar-refractivity contribution in [2.24, 2.45) is 0 Å². The van der Waals surface area contributed by atoms with Crippen molar-refractivity contribution in [2.75, 3.05) is 57.8 Å². The molecule has 31 heavy (non-hydrogen) atoms. The summed E-state index contributed by atoms with van der Waals surface area (Å²) in [5.41, 5.74) is 2.76. The summed E-state index contributed by atoms with van der Waals surface area (Å²) in [5.74, 6) is 1.19. The van der Waals surface area contributed by atoms with E-state index in [9.17, 15) is 9.59 Å². The zero-order valence-corrected chi connectivity index (χ0v) is 18.8. The van der Waals surface area contributed by atoms with Crippen molar-refractivity contribution in [3.8, 4) is 5.75 Å². The number of hydrogen-bond donors (Lipinski definition) is 0. The number of carbonyl (C=O) groups is 2. The average molecular weight is 444 g/mol. The number of aryl methyl sites for hydroxylation is 1. The number of ether oxygens (including phenoxy) is 1. The second kappa shape index (κ2) is 10.8. The number of carbonyl (C=O) groups excluding carboxylic acids is 2. The lowest BCUT2D eigenvalue weighted by Gasteiger charge is -2.34. The van der Waals surface area contributed by atoms with Gasteiger partial charge in [0.2, 0.25) is 5.91 Å². The molecule has 2 heterocycles. The van der Waals surface area contributed by atoms with Crippen LogP contribution in [0.25, 0.3) is 0 Å². The van der Waals surface area contributed by atoms with E-state index >= 15 is 0 Å². The van der Waals surface area contributed by atoms with Crippen molar-refractivity contribution >= 4 is 29.8 Å². The van der Waals surface area contributed by atoms with Gasteiger partial charge < -0.3 is 9.64 Å². The molecule has 0 spiro atoms. The number of amides is 1. The summed E-state index contributed by atoms with van der Waals surface area (Å²) >= 11 is 0. The summed E-state index contributed by atoms with van der Waals surface area (Å²) in [5, 5.41) is 0. The Hall–Kier alpha value is -2.41. The average Bonchev–Trinajstić information content (AvgIpc) is 2.78. The van der Waals surface area contributed by atoms with Crippen molar-refractivity contribution in [2.45, 2.75) is 12.8 Å². The van der Waals surface area contributed by atoms with Crippen molar-refractivity contribution < 1.29 is 14.3 Å². The molecular formula is C24H30ClN3O3. The number of halogens is 1. The quantitative estimate of drug-likeness (QED) is 0.616. The van der Waals surface area contributed by atoms with E-state index in [4.69, 9.17) is 4.74 Å². The van der Waals surface area contributed by atoms with Crippen molar-refractivity contribution in [3.05, 3.63) is 59.7 Å². The van der Waals surface area contributed by atoms with Crippen LogP contribution in [-0.2, 0) is 11.2 Å². The lowest BCUT2D eigenvalue weighted by molar-refractivity contribution is -0.118. The largest absolute Gasteiger partial charge is 0.492 e. The topological polar surface area (TPSA) is 53.1 Å². The minimum atomic E-state index is 0. The van der Waals surface area contributed by atoms with Crippen LogP contribution in [0.15, 0.2) is 48.5 Å². The Morgan fingerprint density at radius 1 is 0.968 bits per heavy atom. The third-order valence-corrected chi connectivity index (χ3v) is 6.00. The molecule has 0 unspecified atom stereocenters. The number of fused-ring (bicyclic) bond motifs is 1. The van der Waals surface area contributed by atoms with Gasteiger partial charge in [-0.2, -0.15) is 0 Å². The number of ketones is 1. The van der Waals surface area contributed by atoms with Gasteiger partial charge in [0.05, 0.1) is 6.54 Å². The Morgan fingerprint density at radius 3 is 2.42 bits per heavy atom. The Labute approximate surface area is 190 Å². The molecule has 0 atom stereocenters. The molecule has 0 N–H and O–H groups in total. The van der Waals surface area contributed by atoms with E-state index in [1.165, 1.54) is 0 Å². The molecule has 2 aromatic carbocycles. The fourth-order valence-corrected chi connectivity index (χ4v) is 4.10. The van der Waals surface area contributed by atoms with Crippen LogP contribution in [0.1, 0.15) is 22.3 Å². The molecule has 1 amide bonds. The summed E-state index contributed by atoms with van der Waals surface area (Å²) in [4.78, 5) is 30.9. The number of nitrogens with zero attached hydrogens (tertiary/aromatic N) is 3. The lowest BCUT2D eigenvalue weighted by atomic mass is 9.97. The fraction of sp³-hybridized carbons (Fsp3) is 0.417. The van der Waals surface area contributed by atoms with E-state index in [0.29, 0.717) is 26.0 Å². The smallest absolute Gasteiger partial charge is 0.227 e. The molecule has 6 nitrogen and oxygen atoms in total. The van der Waals surface area contributed by atoms with E-state index in [1.807, 2.05) is 48.5 Å². The van der Waals surface area contributed by atoms with Gasteiger partial charge in [0.25, 0.3) is 0 Å². The first-order chi connectivity index (χ1) is 14.6. The van der Waals surface area contributed by atoms with Gasteiger partial charge in [-0.3, -0.25) is 19.4 Å². The fourth-order valence-electron chi connectivity index (χ4n) is 4.10. The highest BCUT2D eigenvalue weighted by Crippen LogP contribution is 2.27. The number of Topliss-reactive ketones (excluding diaryl/α,β-unsaturated/α-hetero) is 1. The minimum absolute atomic E-state index is 0. The molecule has 0 aliphatic carbocycles. The van der Waals surface area contributed by atoms with Gasteiger partial charge in [-0.1, -0.05) is 18.2 Å². The predicted molar refractivity (Wildman–Crippen MR) is 125 cm³/mol. The van der Waals surface area contributed by atoms with Crippen LogP contribution in [0.5, 0.6) is 5.75 Å². The highest BCUT2D eigenvalue weighted by molar-refractivity contribution is 6.00. The highest BCUT2D eigenvalue weighted by atomic mass is 35.5. The highest BCUT2D eigenvalue weighted by Gasteiger charge is 2.23. The zero-order chi connectivity index (χ0) is 20.9. The molecule has 166 valence electrons. The van der Waals surface area contributed by atoms with Crippen molar-refractivity contribution in [1.29, 1.82) is 0 Å². The summed E-state index contributed by atoms with van der Waals surface area (Å²) in [6, 6.07) is 15.6. The molecule has 0 radical (unpaired) electrons. The van der Waals surface area contributed by atoms with Crippen molar-refractivity contribution in [1.82, 2.24) is 9.80 Å². The first kappa shape index (κ1) is 23.3. The number of para-hydroxylation sites is 1. The molecule has 7 heteroatoms. The lowest BCUT2D eigenvalue weighted by Crippen LogP contribution is -2.48. The van der Waals surface area contributed by atoms with Crippen LogP contribution in [0.4, 0.5) is 5.69 Å². The third-order valence-electron chi connectivity index (χ3n) is 6.00. The van der Waals surface area contributed by atoms with Crippen LogP contribution < -0.4 is 9.64 Å². The monoisotopic (exact) mass is 443 g/mol. The SMILES string of the molecule is CN1C(=O)CCc2cc(C(=O)CN3CCN(CCOc4ccccc4)CC3)ccc21.Cl. The standard InChI is InChI=1S/C24H29N3O3.ClH/c1-25-22-9-7-20(17-19(22)8-10-24(25)29)23(28)18-27-13-11-26(12-14-27)15-16-30-21-5-3-2-4-6-21;/h2-7,9,17H,8,10-16,18H2,1H3;1H. The Balaban J connectivity index is 0.00000272. The number of anilines is 1. The normalized spacial score (nSPS) is 17.1. The second-order valence-corrected chi connectivity index (χ2v) is 8.00. The molecule has 2 aliphatic rings. The summed E-state index contributed by atoms with van der Waals surface area (Å²) < 4.78 is 5.78. The van der Waals surface area contributed by atoms with Crippen LogP contribution in [0, 0.1) is 0 Å². The zero-order valence-electron chi connectivity index (χ0n) is 18.0. The Bertz CT molecular complexity index is 898. The number of piperazine rings is 1. The van der Waals surface area contributed by atoms with Gasteiger partial charge in [-0.05, 0) is 42.3 Å². The molecule has 4 rings (SSSR count). The molecular weight excluding hydrogens is 414 g/mol. The molecule has 1 fully saturated rings. The maximum absolute atomic E-state index is 12.8. The van der Waals surface area contributed by atoms with E-state index < -0.39 is 0 Å². The third kappa shape index (κ3) is 5.85. The number of benzene rings is 2. The molecule has 2 aromatic rings. The van der Waals surface area contributed by atoms with E-state index in [0.717, 1.165) is 55.3 Å². The number of rotatable bonds is 7. The van der Waals surface area contributed by atoms with E-state index in [-0.39, 0.29) is 24.1 Å². The van der Waals surface area contributed by atoms with Crippen LogP contribution >= 0.6 is 12.4 Å². The van der Waals surface area contributed by atoms with Gasteiger partial charge in [0.1, 0.15) is 12.4 Å². The van der Waals surface area contributed by atoms with Crippen LogP contribution in [0.3, 0.4) is 0 Å². The van der Waals surface area contributed by atoms with E-state index in [1.54, 1.807) is 11.9 Å². The summed E-state index contributed by atoms with van der Waals surface area (Å²) in [6.07, 6.45) is 1.22. The van der Waals surface area contributed by atoms with Crippen molar-refractivity contribution in [3.63, 3.8) is 0 Å². The second-order valence-electron chi connectivity index (χ2n) is 8.00. The maximum Gasteiger partial charge on any atom is 0.227 e. The predicted octanol–water partition coefficient (Wildman–Crippen LogP) is 2.90. The Morgan fingerprint density at radius 2 is 1.68 bits per heavy atom. The first-order valence-corrected chi connectivity index (χ1v) is 10.7. The van der Waals surface area contributed by atoms with Crippen LogP contribution in [0.2, 0.25) is 0 Å². The minimum Gasteiger partial charge on any atom is -0.492 e. The van der Waals surface area contributed by atoms with Crippen LogP contribution in [-0.4, -0.2) is 74.4 Å². The van der Waals surface area contributed by atoms with Gasteiger partial charge in [0.15, 0.2) is 5.78 Å². The van der Waals surface area contributed by atoms with Gasteiger partial charge in [-0.15, -0.1) is 12.4 Å². The van der Waals surface area contributed by atoms with Gasteiger partial charge in [0, 0.05) is 57.4 Å². The molecule has 2 aliphatic heterocycles. The maximum atomic E-state index is 12.8. The van der Waals surface area contributed by atoms with Gasteiger partial charge >= 0.3 is 0 Å². The summed E-state index contributed by atoms with van der Waals surface area (Å²) in [6.45, 7) is 5.69. The van der Waals surface area contributed by atoms with E-state index in [2.05, 4.69) is 9.80 Å².